The standard InChI is InChI=1S/C15H25NO2/c1-11-4-6-12(7-5-11)15(16-2)14-9-8-13(18-14)10-17-3/h8-9,11-12,15-16H,4-7,10H2,1-3H3. The van der Waals surface area contributed by atoms with Crippen LogP contribution in [0.3, 0.4) is 0 Å². The molecule has 2 rings (SSSR count). The van der Waals surface area contributed by atoms with Crippen molar-refractivity contribution in [3.63, 3.8) is 0 Å². The summed E-state index contributed by atoms with van der Waals surface area (Å²) in [5, 5.41) is 3.42. The fourth-order valence-electron chi connectivity index (χ4n) is 3.01. The number of hydrogen-bond acceptors (Lipinski definition) is 3. The van der Waals surface area contributed by atoms with Crippen molar-refractivity contribution in [1.29, 1.82) is 0 Å². The maximum absolute atomic E-state index is 5.87. The summed E-state index contributed by atoms with van der Waals surface area (Å²) in [5.74, 6) is 3.56. The summed E-state index contributed by atoms with van der Waals surface area (Å²) >= 11 is 0. The van der Waals surface area contributed by atoms with Crippen molar-refractivity contribution in [1.82, 2.24) is 5.32 Å². The minimum absolute atomic E-state index is 0.350. The second-order valence-electron chi connectivity index (χ2n) is 5.52. The third kappa shape index (κ3) is 3.15. The van der Waals surface area contributed by atoms with Gasteiger partial charge in [-0.05, 0) is 43.9 Å². The molecule has 0 spiro atoms. The van der Waals surface area contributed by atoms with Gasteiger partial charge in [-0.3, -0.25) is 0 Å². The second-order valence-corrected chi connectivity index (χ2v) is 5.52. The molecule has 0 saturated heterocycles. The molecule has 1 aromatic heterocycles. The summed E-state index contributed by atoms with van der Waals surface area (Å²) in [5.41, 5.74) is 0. The van der Waals surface area contributed by atoms with E-state index in [1.807, 2.05) is 13.1 Å². The van der Waals surface area contributed by atoms with E-state index in [1.54, 1.807) is 7.11 Å². The molecule has 18 heavy (non-hydrogen) atoms. The van der Waals surface area contributed by atoms with E-state index in [0.29, 0.717) is 18.6 Å². The Labute approximate surface area is 110 Å². The first kappa shape index (κ1) is 13.6. The minimum atomic E-state index is 0.350. The van der Waals surface area contributed by atoms with Crippen LogP contribution in [-0.4, -0.2) is 14.2 Å². The van der Waals surface area contributed by atoms with Gasteiger partial charge >= 0.3 is 0 Å². The van der Waals surface area contributed by atoms with Crippen LogP contribution in [0.15, 0.2) is 16.5 Å². The van der Waals surface area contributed by atoms with Crippen LogP contribution < -0.4 is 5.32 Å². The molecule has 1 saturated carbocycles. The molecular weight excluding hydrogens is 226 g/mol. The Morgan fingerprint density at radius 3 is 2.67 bits per heavy atom. The van der Waals surface area contributed by atoms with Crippen LogP contribution in [0.5, 0.6) is 0 Å². The molecule has 0 amide bonds. The van der Waals surface area contributed by atoms with Gasteiger partial charge in [0.1, 0.15) is 18.1 Å². The molecule has 1 aliphatic carbocycles. The van der Waals surface area contributed by atoms with Gasteiger partial charge < -0.3 is 14.5 Å². The first-order valence-corrected chi connectivity index (χ1v) is 6.99. The van der Waals surface area contributed by atoms with Crippen LogP contribution in [0.2, 0.25) is 0 Å². The molecule has 1 fully saturated rings. The van der Waals surface area contributed by atoms with Crippen molar-refractivity contribution in [3.8, 4) is 0 Å². The molecule has 1 aliphatic rings. The Hall–Kier alpha value is -0.800. The molecule has 0 radical (unpaired) electrons. The third-order valence-electron chi connectivity index (χ3n) is 4.12. The molecular formula is C15H25NO2. The summed E-state index contributed by atoms with van der Waals surface area (Å²) in [7, 11) is 3.72. The fraction of sp³-hybridized carbons (Fsp3) is 0.733. The molecule has 1 atom stereocenters. The quantitative estimate of drug-likeness (QED) is 0.869. The molecule has 1 unspecified atom stereocenters. The van der Waals surface area contributed by atoms with Gasteiger partial charge in [0, 0.05) is 7.11 Å². The zero-order valence-electron chi connectivity index (χ0n) is 11.7. The zero-order valence-corrected chi connectivity index (χ0v) is 11.7. The van der Waals surface area contributed by atoms with Gasteiger partial charge in [0.25, 0.3) is 0 Å². The number of methoxy groups -OCH3 is 1. The van der Waals surface area contributed by atoms with Gasteiger partial charge in [-0.25, -0.2) is 0 Å². The Kier molecular flexibility index (Phi) is 4.84. The van der Waals surface area contributed by atoms with Crippen LogP contribution in [-0.2, 0) is 11.3 Å². The molecule has 0 bridgehead atoms. The van der Waals surface area contributed by atoms with Gasteiger partial charge in [-0.15, -0.1) is 0 Å². The molecule has 3 heteroatoms. The number of nitrogens with one attached hydrogen (secondary N) is 1. The predicted octanol–water partition coefficient (Wildman–Crippen LogP) is 3.51. The summed E-state index contributed by atoms with van der Waals surface area (Å²) in [6, 6.07) is 4.46. The van der Waals surface area contributed by atoms with E-state index in [4.69, 9.17) is 9.15 Å². The van der Waals surface area contributed by atoms with Gasteiger partial charge in [-0.2, -0.15) is 0 Å². The molecule has 102 valence electrons. The monoisotopic (exact) mass is 251 g/mol. The Balaban J connectivity index is 2.02. The number of ether oxygens (including phenoxy) is 1. The fourth-order valence-corrected chi connectivity index (χ4v) is 3.01. The highest BCUT2D eigenvalue weighted by Crippen LogP contribution is 2.37. The summed E-state index contributed by atoms with van der Waals surface area (Å²) < 4.78 is 11.0. The summed E-state index contributed by atoms with van der Waals surface area (Å²) in [4.78, 5) is 0. The first-order valence-electron chi connectivity index (χ1n) is 6.99. The van der Waals surface area contributed by atoms with Crippen LogP contribution in [0.4, 0.5) is 0 Å². The molecule has 0 aromatic carbocycles. The lowest BCUT2D eigenvalue weighted by Gasteiger charge is -2.31. The van der Waals surface area contributed by atoms with E-state index < -0.39 is 0 Å². The lowest BCUT2D eigenvalue weighted by atomic mass is 9.78. The zero-order chi connectivity index (χ0) is 13.0. The number of hydrogen-bond donors (Lipinski definition) is 1. The highest BCUT2D eigenvalue weighted by Gasteiger charge is 2.28. The lowest BCUT2D eigenvalue weighted by Crippen LogP contribution is -2.28. The molecule has 3 nitrogen and oxygen atoms in total. The van der Waals surface area contributed by atoms with E-state index in [2.05, 4.69) is 18.3 Å². The SMILES string of the molecule is CNC(c1ccc(COC)o1)C1CCC(C)CC1. The van der Waals surface area contributed by atoms with E-state index >= 15 is 0 Å². The highest BCUT2D eigenvalue weighted by atomic mass is 16.5. The minimum Gasteiger partial charge on any atom is -0.462 e. The first-order chi connectivity index (χ1) is 8.74. The van der Waals surface area contributed by atoms with Gasteiger partial charge in [0.15, 0.2) is 0 Å². The largest absolute Gasteiger partial charge is 0.462 e. The van der Waals surface area contributed by atoms with E-state index in [1.165, 1.54) is 25.7 Å². The average Bonchev–Trinajstić information content (AvgIpc) is 2.82. The molecule has 0 aliphatic heterocycles. The average molecular weight is 251 g/mol. The topological polar surface area (TPSA) is 34.4 Å². The van der Waals surface area contributed by atoms with E-state index in [9.17, 15) is 0 Å². The van der Waals surface area contributed by atoms with Gasteiger partial charge in [0.2, 0.25) is 0 Å². The van der Waals surface area contributed by atoms with Crippen molar-refractivity contribution in [2.24, 2.45) is 11.8 Å². The third-order valence-corrected chi connectivity index (χ3v) is 4.12. The Morgan fingerprint density at radius 2 is 2.06 bits per heavy atom. The summed E-state index contributed by atoms with van der Waals surface area (Å²) in [6.45, 7) is 2.91. The smallest absolute Gasteiger partial charge is 0.129 e. The van der Waals surface area contributed by atoms with Crippen molar-refractivity contribution in [2.75, 3.05) is 14.2 Å². The van der Waals surface area contributed by atoms with E-state index in [0.717, 1.165) is 17.4 Å². The number of rotatable bonds is 5. The highest BCUT2D eigenvalue weighted by molar-refractivity contribution is 5.11. The van der Waals surface area contributed by atoms with Crippen molar-refractivity contribution in [2.45, 2.75) is 45.3 Å². The number of furan rings is 1. The van der Waals surface area contributed by atoms with Crippen LogP contribution in [0, 0.1) is 11.8 Å². The van der Waals surface area contributed by atoms with Crippen LogP contribution in [0.1, 0.15) is 50.2 Å². The maximum Gasteiger partial charge on any atom is 0.129 e. The lowest BCUT2D eigenvalue weighted by molar-refractivity contribution is 0.157. The molecule has 1 heterocycles. The van der Waals surface area contributed by atoms with Gasteiger partial charge in [-0.1, -0.05) is 19.8 Å². The maximum atomic E-state index is 5.87. The van der Waals surface area contributed by atoms with E-state index in [-0.39, 0.29) is 0 Å². The Morgan fingerprint density at radius 1 is 1.33 bits per heavy atom. The van der Waals surface area contributed by atoms with Crippen molar-refractivity contribution in [3.05, 3.63) is 23.7 Å². The van der Waals surface area contributed by atoms with Gasteiger partial charge in [0.05, 0.1) is 6.04 Å². The van der Waals surface area contributed by atoms with Crippen LogP contribution in [0.25, 0.3) is 0 Å². The molecule has 1 N–H and O–H groups in total. The normalized spacial score (nSPS) is 26.2. The predicted molar refractivity (Wildman–Crippen MR) is 72.3 cm³/mol. The van der Waals surface area contributed by atoms with Crippen LogP contribution >= 0.6 is 0 Å². The molecule has 1 aromatic rings. The summed E-state index contributed by atoms with van der Waals surface area (Å²) in [6.07, 6.45) is 5.28. The van der Waals surface area contributed by atoms with Crippen molar-refractivity contribution < 1.29 is 9.15 Å². The van der Waals surface area contributed by atoms with Crippen molar-refractivity contribution >= 4 is 0 Å². The Bertz CT molecular complexity index is 353. The second kappa shape index (κ2) is 6.39.